The molecule has 1 aliphatic heterocycles. The molecular weight excluding hydrogens is 460 g/mol. The maximum absolute atomic E-state index is 13.3. The van der Waals surface area contributed by atoms with Crippen molar-refractivity contribution in [2.45, 2.75) is 12.6 Å². The summed E-state index contributed by atoms with van der Waals surface area (Å²) in [5, 5.41) is 11.3. The first-order valence-corrected chi connectivity index (χ1v) is 11.2. The Hall–Kier alpha value is -4.59. The van der Waals surface area contributed by atoms with Gasteiger partial charge in [-0.3, -0.25) is 14.6 Å². The number of Topliss-reactive ketones (excluding diaryl/α,β-unsaturated/α-hetero) is 1. The maximum Gasteiger partial charge on any atom is 0.295 e. The Bertz CT molecular complexity index is 1300. The summed E-state index contributed by atoms with van der Waals surface area (Å²) in [5.74, 6) is -0.252. The van der Waals surface area contributed by atoms with Gasteiger partial charge in [0.25, 0.3) is 11.7 Å². The van der Waals surface area contributed by atoms with Crippen molar-refractivity contribution in [1.29, 1.82) is 0 Å². The van der Waals surface area contributed by atoms with Crippen LogP contribution in [0.5, 0.6) is 17.2 Å². The highest BCUT2D eigenvalue weighted by molar-refractivity contribution is 6.46. The summed E-state index contributed by atoms with van der Waals surface area (Å²) in [6.07, 6.45) is 4.89. The Labute approximate surface area is 209 Å². The van der Waals surface area contributed by atoms with E-state index < -0.39 is 17.7 Å². The fourth-order valence-corrected chi connectivity index (χ4v) is 4.12. The molecule has 0 saturated carbocycles. The van der Waals surface area contributed by atoms with E-state index in [1.54, 1.807) is 67.0 Å². The molecule has 1 atom stereocenters. The molecule has 4 rings (SSSR count). The van der Waals surface area contributed by atoms with Gasteiger partial charge in [-0.15, -0.1) is 0 Å². The van der Waals surface area contributed by atoms with E-state index in [9.17, 15) is 14.7 Å². The average Bonchev–Trinajstić information content (AvgIpc) is 3.16. The van der Waals surface area contributed by atoms with Gasteiger partial charge in [0.05, 0.1) is 25.8 Å². The summed E-state index contributed by atoms with van der Waals surface area (Å²) in [5.41, 5.74) is 1.69. The Morgan fingerprint density at radius 2 is 1.83 bits per heavy atom. The molecule has 36 heavy (non-hydrogen) atoms. The molecule has 0 spiro atoms. The minimum atomic E-state index is -0.860. The number of hydrogen-bond acceptors (Lipinski definition) is 7. The topological polar surface area (TPSA) is 98.2 Å². The second-order valence-corrected chi connectivity index (χ2v) is 8.03. The van der Waals surface area contributed by atoms with Crippen LogP contribution in [0.1, 0.15) is 22.7 Å². The number of nitrogens with zero attached hydrogens (tertiary/aromatic N) is 2. The molecule has 1 N–H and O–H groups in total. The van der Waals surface area contributed by atoms with Crippen molar-refractivity contribution in [2.24, 2.45) is 0 Å². The van der Waals surface area contributed by atoms with Crippen LogP contribution in [0.4, 0.5) is 0 Å². The van der Waals surface area contributed by atoms with Gasteiger partial charge in [0.1, 0.15) is 18.1 Å². The normalized spacial score (nSPS) is 16.6. The maximum atomic E-state index is 13.3. The minimum Gasteiger partial charge on any atom is -0.507 e. The highest BCUT2D eigenvalue weighted by Gasteiger charge is 2.46. The number of rotatable bonds is 9. The molecule has 1 aliphatic rings. The van der Waals surface area contributed by atoms with Crippen LogP contribution in [0.25, 0.3) is 5.76 Å². The van der Waals surface area contributed by atoms with Crippen LogP contribution in [0.3, 0.4) is 0 Å². The van der Waals surface area contributed by atoms with Gasteiger partial charge >= 0.3 is 0 Å². The van der Waals surface area contributed by atoms with Gasteiger partial charge in [-0.25, -0.2) is 0 Å². The second kappa shape index (κ2) is 10.8. The quantitative estimate of drug-likeness (QED) is 0.209. The van der Waals surface area contributed by atoms with Crippen LogP contribution in [-0.2, 0) is 16.1 Å². The smallest absolute Gasteiger partial charge is 0.295 e. The lowest BCUT2D eigenvalue weighted by atomic mass is 9.94. The number of aliphatic hydroxyl groups is 1. The molecule has 0 radical (unpaired) electrons. The van der Waals surface area contributed by atoms with Gasteiger partial charge in [0.2, 0.25) is 0 Å². The van der Waals surface area contributed by atoms with E-state index in [1.807, 2.05) is 6.07 Å². The number of pyridine rings is 1. The zero-order valence-electron chi connectivity index (χ0n) is 20.0. The van der Waals surface area contributed by atoms with Crippen molar-refractivity contribution in [3.8, 4) is 17.2 Å². The van der Waals surface area contributed by atoms with Crippen molar-refractivity contribution in [3.63, 3.8) is 0 Å². The molecule has 184 valence electrons. The fourth-order valence-electron chi connectivity index (χ4n) is 4.12. The lowest BCUT2D eigenvalue weighted by Gasteiger charge is -2.26. The Morgan fingerprint density at radius 3 is 2.47 bits per heavy atom. The van der Waals surface area contributed by atoms with Crippen molar-refractivity contribution >= 4 is 17.4 Å². The number of carbonyl (C=O) groups excluding carboxylic acids is 2. The van der Waals surface area contributed by atoms with Crippen molar-refractivity contribution < 1.29 is 28.9 Å². The molecule has 8 nitrogen and oxygen atoms in total. The van der Waals surface area contributed by atoms with Crippen LogP contribution in [-0.4, -0.2) is 47.5 Å². The Kier molecular flexibility index (Phi) is 7.34. The number of carbonyl (C=O) groups is 2. The standard InChI is InChI=1S/C28H26N2O6/c1-4-14-36-21-10-7-19(8-11-21)26(31)24-25(20-9-12-22(34-2)23(15-20)35-3)30(28(33)27(24)32)17-18-6-5-13-29-16-18/h4-13,15-16,25,31H,1,14,17H2,2-3H3/b26-24+/t25-/m1/s1. The van der Waals surface area contributed by atoms with Crippen LogP contribution in [0.15, 0.2) is 85.2 Å². The second-order valence-electron chi connectivity index (χ2n) is 8.03. The SMILES string of the molecule is C=CCOc1ccc(/C(O)=C2\C(=O)C(=O)N(Cc3cccnc3)[C@@H]2c2ccc(OC)c(OC)c2)cc1. The predicted octanol–water partition coefficient (Wildman–Crippen LogP) is 4.29. The zero-order chi connectivity index (χ0) is 25.7. The van der Waals surface area contributed by atoms with Gasteiger partial charge in [0, 0.05) is 24.5 Å². The summed E-state index contributed by atoms with van der Waals surface area (Å²) in [7, 11) is 3.03. The molecule has 0 bridgehead atoms. The number of aliphatic hydroxyl groups excluding tert-OH is 1. The monoisotopic (exact) mass is 486 g/mol. The third-order valence-electron chi connectivity index (χ3n) is 5.83. The largest absolute Gasteiger partial charge is 0.507 e. The predicted molar refractivity (Wildman–Crippen MR) is 134 cm³/mol. The lowest BCUT2D eigenvalue weighted by molar-refractivity contribution is -0.140. The average molecular weight is 487 g/mol. The van der Waals surface area contributed by atoms with E-state index in [4.69, 9.17) is 14.2 Å². The van der Waals surface area contributed by atoms with E-state index in [0.717, 1.165) is 5.56 Å². The van der Waals surface area contributed by atoms with Crippen molar-refractivity contribution in [2.75, 3.05) is 20.8 Å². The van der Waals surface area contributed by atoms with Gasteiger partial charge in [-0.2, -0.15) is 0 Å². The summed E-state index contributed by atoms with van der Waals surface area (Å²) in [6, 6.07) is 14.5. The molecule has 1 amide bonds. The fraction of sp³-hybridized carbons (Fsp3) is 0.179. The number of benzene rings is 2. The zero-order valence-corrected chi connectivity index (χ0v) is 20.0. The summed E-state index contributed by atoms with van der Waals surface area (Å²) in [6.45, 7) is 4.08. The molecule has 1 saturated heterocycles. The van der Waals surface area contributed by atoms with E-state index in [1.165, 1.54) is 19.1 Å². The van der Waals surface area contributed by atoms with Gasteiger partial charge in [-0.05, 0) is 53.6 Å². The number of hydrogen-bond donors (Lipinski definition) is 1. The van der Waals surface area contributed by atoms with Crippen molar-refractivity contribution in [1.82, 2.24) is 9.88 Å². The Balaban J connectivity index is 1.83. The third-order valence-corrected chi connectivity index (χ3v) is 5.83. The van der Waals surface area contributed by atoms with Crippen LogP contribution < -0.4 is 14.2 Å². The molecule has 0 unspecified atom stereocenters. The van der Waals surface area contributed by atoms with E-state index in [0.29, 0.717) is 35.0 Å². The summed E-state index contributed by atoms with van der Waals surface area (Å²) >= 11 is 0. The number of ether oxygens (including phenoxy) is 3. The molecule has 0 aliphatic carbocycles. The third kappa shape index (κ3) is 4.79. The van der Waals surface area contributed by atoms with E-state index >= 15 is 0 Å². The number of likely N-dealkylation sites (tertiary alicyclic amines) is 1. The van der Waals surface area contributed by atoms with Crippen LogP contribution in [0, 0.1) is 0 Å². The lowest BCUT2D eigenvalue weighted by Crippen LogP contribution is -2.29. The molecule has 2 aromatic carbocycles. The van der Waals surface area contributed by atoms with Gasteiger partial charge < -0.3 is 24.2 Å². The summed E-state index contributed by atoms with van der Waals surface area (Å²) < 4.78 is 16.3. The molecular formula is C28H26N2O6. The molecule has 8 heteroatoms. The molecule has 2 heterocycles. The first-order chi connectivity index (χ1) is 17.5. The molecule has 1 aromatic heterocycles. The Morgan fingerprint density at radius 1 is 1.08 bits per heavy atom. The number of methoxy groups -OCH3 is 2. The number of amides is 1. The first kappa shape index (κ1) is 24.5. The summed E-state index contributed by atoms with van der Waals surface area (Å²) in [4.78, 5) is 32.0. The number of ketones is 1. The van der Waals surface area contributed by atoms with Gasteiger partial charge in [-0.1, -0.05) is 24.8 Å². The van der Waals surface area contributed by atoms with Crippen LogP contribution in [0.2, 0.25) is 0 Å². The highest BCUT2D eigenvalue weighted by Crippen LogP contribution is 2.42. The molecule has 1 fully saturated rings. The molecule has 3 aromatic rings. The van der Waals surface area contributed by atoms with E-state index in [2.05, 4.69) is 11.6 Å². The highest BCUT2D eigenvalue weighted by atomic mass is 16.5. The van der Waals surface area contributed by atoms with E-state index in [-0.39, 0.29) is 17.9 Å². The van der Waals surface area contributed by atoms with Crippen LogP contribution >= 0.6 is 0 Å². The number of aromatic nitrogens is 1. The van der Waals surface area contributed by atoms with Gasteiger partial charge in [0.15, 0.2) is 11.5 Å². The minimum absolute atomic E-state index is 0.0177. The van der Waals surface area contributed by atoms with Crippen molar-refractivity contribution in [3.05, 3.63) is 102 Å². The first-order valence-electron chi connectivity index (χ1n) is 11.2.